The van der Waals surface area contributed by atoms with E-state index in [1.165, 1.54) is 225 Å². The quantitative estimate of drug-likeness (QED) is 0.0211. The van der Waals surface area contributed by atoms with Crippen molar-refractivity contribution < 1.29 is 42.1 Å². The van der Waals surface area contributed by atoms with Crippen molar-refractivity contribution in [1.82, 2.24) is 0 Å². The number of nitrogens with zero attached hydrogens (tertiary/aromatic N) is 1. The fraction of sp³-hybridized carbons (Fsp3) is 0.848. The lowest BCUT2D eigenvalue weighted by Crippen LogP contribution is -2.37. The van der Waals surface area contributed by atoms with E-state index in [1.54, 1.807) is 0 Å². The molecule has 2 unspecified atom stereocenters. The van der Waals surface area contributed by atoms with E-state index in [1.807, 2.05) is 21.1 Å². The van der Waals surface area contributed by atoms with E-state index in [0.29, 0.717) is 23.9 Å². The molecule has 10 heteroatoms. The Kier molecular flexibility index (Phi) is 56.1. The van der Waals surface area contributed by atoms with Gasteiger partial charge in [-0.15, -0.1) is 0 Å². The number of ether oxygens (including phenoxy) is 2. The molecular weight excluding hydrogens is 966 g/mol. The summed E-state index contributed by atoms with van der Waals surface area (Å²) < 4.78 is 34.7. The van der Waals surface area contributed by atoms with Crippen LogP contribution in [0.15, 0.2) is 48.6 Å². The van der Waals surface area contributed by atoms with Crippen molar-refractivity contribution in [3.8, 4) is 0 Å². The Morgan fingerprint density at radius 2 is 0.711 bits per heavy atom. The third kappa shape index (κ3) is 61.2. The number of esters is 2. The maximum absolute atomic E-state index is 12.8. The maximum atomic E-state index is 12.8. The van der Waals surface area contributed by atoms with Gasteiger partial charge in [-0.1, -0.05) is 268 Å². The molecule has 0 heterocycles. The van der Waals surface area contributed by atoms with Gasteiger partial charge in [-0.2, -0.15) is 0 Å². The predicted molar refractivity (Wildman–Crippen MR) is 326 cm³/mol. The van der Waals surface area contributed by atoms with Crippen molar-refractivity contribution in [2.24, 2.45) is 0 Å². The Balaban J connectivity index is 4.09. The highest BCUT2D eigenvalue weighted by Gasteiger charge is 2.27. The smallest absolute Gasteiger partial charge is 0.462 e. The summed E-state index contributed by atoms with van der Waals surface area (Å²) in [4.78, 5) is 35.8. The molecule has 0 aliphatic rings. The molecule has 0 bridgehead atoms. The number of carbonyl (C=O) groups is 2. The predicted octanol–water partition coefficient (Wildman–Crippen LogP) is 20.5. The number of allylic oxidation sites excluding steroid dienone is 8. The third-order valence-corrected chi connectivity index (χ3v) is 15.3. The minimum absolute atomic E-state index is 0.0312. The molecule has 76 heavy (non-hydrogen) atoms. The number of hydrogen-bond acceptors (Lipinski definition) is 7. The molecule has 0 amide bonds. The first-order valence-electron chi connectivity index (χ1n) is 32.4. The van der Waals surface area contributed by atoms with Gasteiger partial charge < -0.3 is 18.9 Å². The van der Waals surface area contributed by atoms with Gasteiger partial charge in [0.05, 0.1) is 27.7 Å². The Labute approximate surface area is 471 Å². The highest BCUT2D eigenvalue weighted by molar-refractivity contribution is 7.47. The van der Waals surface area contributed by atoms with Crippen molar-refractivity contribution in [3.05, 3.63) is 48.6 Å². The minimum Gasteiger partial charge on any atom is -0.462 e. The van der Waals surface area contributed by atoms with Crippen LogP contribution in [0.4, 0.5) is 0 Å². The van der Waals surface area contributed by atoms with Crippen molar-refractivity contribution in [2.75, 3.05) is 47.5 Å². The number of quaternary nitrogens is 1. The molecular formula is C66H125NO8P+. The van der Waals surface area contributed by atoms with E-state index < -0.39 is 26.5 Å². The lowest BCUT2D eigenvalue weighted by molar-refractivity contribution is -0.870. The summed E-state index contributed by atoms with van der Waals surface area (Å²) in [5, 5.41) is 0. The Bertz CT molecular complexity index is 1420. The second kappa shape index (κ2) is 57.6. The molecule has 9 nitrogen and oxygen atoms in total. The number of hydrogen-bond donors (Lipinski definition) is 1. The lowest BCUT2D eigenvalue weighted by atomic mass is 10.0. The van der Waals surface area contributed by atoms with Gasteiger partial charge in [0.25, 0.3) is 0 Å². The number of carbonyl (C=O) groups excluding carboxylic acids is 2. The second-order valence-corrected chi connectivity index (χ2v) is 24.6. The molecule has 0 aliphatic carbocycles. The molecule has 0 fully saturated rings. The van der Waals surface area contributed by atoms with E-state index in [4.69, 9.17) is 18.5 Å². The highest BCUT2D eigenvalue weighted by Crippen LogP contribution is 2.43. The van der Waals surface area contributed by atoms with Crippen LogP contribution < -0.4 is 0 Å². The van der Waals surface area contributed by atoms with E-state index >= 15 is 0 Å². The van der Waals surface area contributed by atoms with E-state index in [-0.39, 0.29) is 25.6 Å². The van der Waals surface area contributed by atoms with Crippen LogP contribution in [0.1, 0.15) is 309 Å². The van der Waals surface area contributed by atoms with Gasteiger partial charge >= 0.3 is 19.8 Å². The first kappa shape index (κ1) is 74.0. The number of phosphoric ester groups is 1. The summed E-state index contributed by atoms with van der Waals surface area (Å²) in [7, 11) is 1.48. The zero-order valence-corrected chi connectivity index (χ0v) is 51.6. The van der Waals surface area contributed by atoms with Crippen LogP contribution in [-0.2, 0) is 32.7 Å². The zero-order chi connectivity index (χ0) is 55.6. The maximum Gasteiger partial charge on any atom is 0.472 e. The number of rotatable bonds is 60. The number of likely N-dealkylation sites (N-methyl/N-ethyl adjacent to an activating group) is 1. The van der Waals surface area contributed by atoms with Gasteiger partial charge in [-0.05, 0) is 77.0 Å². The first-order chi connectivity index (χ1) is 37.0. The normalized spacial score (nSPS) is 13.5. The molecule has 0 saturated carbocycles. The highest BCUT2D eigenvalue weighted by atomic mass is 31.2. The topological polar surface area (TPSA) is 108 Å². The molecule has 0 aromatic rings. The fourth-order valence-corrected chi connectivity index (χ4v) is 10.1. The van der Waals surface area contributed by atoms with Crippen LogP contribution >= 0.6 is 7.82 Å². The standard InChI is InChI=1S/C66H124NO8P/c1-6-8-10-12-14-16-18-20-22-24-26-28-30-32-33-35-36-38-40-42-44-46-48-50-52-54-56-58-65(68)72-62-64(63-74-76(70,71)73-61-60-67(3,4)5)75-66(69)59-57-55-53-51-49-47-45-43-41-39-37-34-31-29-27-25-23-21-19-17-15-13-11-9-7-2/h19,21,24-27,31,34,64H,6-18,20,22-23,28-30,32-33,35-63H2,1-5H3/p+1/b21-19-,26-24-,27-25-,34-31-. The van der Waals surface area contributed by atoms with Gasteiger partial charge in [-0.3, -0.25) is 18.6 Å². The van der Waals surface area contributed by atoms with Crippen molar-refractivity contribution >= 4 is 19.8 Å². The Hall–Kier alpha value is -2.03. The van der Waals surface area contributed by atoms with E-state index in [9.17, 15) is 19.0 Å². The van der Waals surface area contributed by atoms with Gasteiger partial charge in [0.2, 0.25) is 0 Å². The molecule has 2 atom stereocenters. The van der Waals surface area contributed by atoms with Crippen LogP contribution in [0, 0.1) is 0 Å². The zero-order valence-electron chi connectivity index (χ0n) is 50.8. The first-order valence-corrected chi connectivity index (χ1v) is 33.9. The molecule has 446 valence electrons. The molecule has 1 N–H and O–H groups in total. The molecule has 0 aromatic heterocycles. The third-order valence-electron chi connectivity index (χ3n) is 14.3. The monoisotopic (exact) mass is 1090 g/mol. The van der Waals surface area contributed by atoms with Crippen LogP contribution in [0.25, 0.3) is 0 Å². The Morgan fingerprint density at radius 3 is 1.07 bits per heavy atom. The van der Waals surface area contributed by atoms with Crippen molar-refractivity contribution in [3.63, 3.8) is 0 Å². The molecule has 0 aromatic carbocycles. The summed E-state index contributed by atoms with van der Waals surface area (Å²) in [5.41, 5.74) is 0. The van der Waals surface area contributed by atoms with E-state index in [0.717, 1.165) is 51.4 Å². The second-order valence-electron chi connectivity index (χ2n) is 23.1. The Morgan fingerprint density at radius 1 is 0.408 bits per heavy atom. The van der Waals surface area contributed by atoms with Gasteiger partial charge in [0.15, 0.2) is 6.10 Å². The average Bonchev–Trinajstić information content (AvgIpc) is 3.38. The van der Waals surface area contributed by atoms with Crippen molar-refractivity contribution in [2.45, 2.75) is 315 Å². The summed E-state index contributed by atoms with van der Waals surface area (Å²) in [6.45, 7) is 4.46. The summed E-state index contributed by atoms with van der Waals surface area (Å²) in [6.07, 6.45) is 73.4. The van der Waals surface area contributed by atoms with E-state index in [2.05, 4.69) is 62.5 Å². The SMILES string of the molecule is CCCCCCC/C=C\C/C=C\C/C=C\CCCCCCCCCCCCC(=O)OC(COC(=O)CCCCCCCCCCCCCCCCC/C=C\CCCCCCCCCC)COP(=O)(O)OCC[N+](C)(C)C. The summed E-state index contributed by atoms with van der Waals surface area (Å²) >= 11 is 0. The molecule has 0 saturated heterocycles. The summed E-state index contributed by atoms with van der Waals surface area (Å²) in [5.74, 6) is -0.789. The molecule has 0 spiro atoms. The van der Waals surface area contributed by atoms with Crippen LogP contribution in [0.2, 0.25) is 0 Å². The average molecular weight is 1090 g/mol. The van der Waals surface area contributed by atoms with Gasteiger partial charge in [0.1, 0.15) is 19.8 Å². The van der Waals surface area contributed by atoms with Gasteiger partial charge in [-0.25, -0.2) is 4.57 Å². The largest absolute Gasteiger partial charge is 0.472 e. The van der Waals surface area contributed by atoms with Crippen molar-refractivity contribution in [1.29, 1.82) is 0 Å². The lowest BCUT2D eigenvalue weighted by Gasteiger charge is -2.24. The summed E-state index contributed by atoms with van der Waals surface area (Å²) in [6, 6.07) is 0. The fourth-order valence-electron chi connectivity index (χ4n) is 9.31. The van der Waals surface area contributed by atoms with Crippen LogP contribution in [0.5, 0.6) is 0 Å². The minimum atomic E-state index is -4.39. The molecule has 0 radical (unpaired) electrons. The number of unbranched alkanes of at least 4 members (excludes halogenated alkanes) is 38. The van der Waals surface area contributed by atoms with Gasteiger partial charge in [0, 0.05) is 12.8 Å². The number of phosphoric acid groups is 1. The van der Waals surface area contributed by atoms with Crippen LogP contribution in [-0.4, -0.2) is 74.9 Å². The molecule has 0 rings (SSSR count). The van der Waals surface area contributed by atoms with Crippen LogP contribution in [0.3, 0.4) is 0 Å². The molecule has 0 aliphatic heterocycles.